The molecule has 0 N–H and O–H groups in total. The SMILES string of the molecule is CCn1cc(/C=C(\C#N)C(=O)c2ccc(C)cc2)nn1. The molecule has 0 saturated heterocycles. The predicted octanol–water partition coefficient (Wildman–Crippen LogP) is 2.40. The Hall–Kier alpha value is -2.74. The van der Waals surface area contributed by atoms with E-state index in [4.69, 9.17) is 5.26 Å². The summed E-state index contributed by atoms with van der Waals surface area (Å²) in [5.41, 5.74) is 2.11. The molecule has 1 aromatic carbocycles. The monoisotopic (exact) mass is 266 g/mol. The maximum atomic E-state index is 12.2. The topological polar surface area (TPSA) is 71.6 Å². The molecule has 0 fully saturated rings. The molecule has 1 aromatic heterocycles. The Bertz CT molecular complexity index is 689. The lowest BCUT2D eigenvalue weighted by molar-refractivity contribution is 0.104. The fourth-order valence-electron chi connectivity index (χ4n) is 1.69. The molecule has 0 spiro atoms. The first kappa shape index (κ1) is 13.7. The molecule has 0 bridgehead atoms. The molecule has 0 aliphatic carbocycles. The molecule has 20 heavy (non-hydrogen) atoms. The first-order valence-corrected chi connectivity index (χ1v) is 6.27. The Morgan fingerprint density at radius 1 is 1.40 bits per heavy atom. The number of nitriles is 1. The Balaban J connectivity index is 2.30. The maximum absolute atomic E-state index is 12.2. The van der Waals surface area contributed by atoms with Gasteiger partial charge in [-0.1, -0.05) is 35.0 Å². The molecular weight excluding hydrogens is 252 g/mol. The van der Waals surface area contributed by atoms with Gasteiger partial charge in [-0.2, -0.15) is 5.26 Å². The van der Waals surface area contributed by atoms with E-state index in [0.717, 1.165) is 5.56 Å². The van der Waals surface area contributed by atoms with E-state index in [1.807, 2.05) is 32.0 Å². The minimum atomic E-state index is -0.307. The van der Waals surface area contributed by atoms with E-state index >= 15 is 0 Å². The molecule has 0 aliphatic heterocycles. The van der Waals surface area contributed by atoms with Crippen molar-refractivity contribution < 1.29 is 4.79 Å². The summed E-state index contributed by atoms with van der Waals surface area (Å²) in [4.78, 5) is 12.2. The van der Waals surface area contributed by atoms with Crippen molar-refractivity contribution in [1.82, 2.24) is 15.0 Å². The highest BCUT2D eigenvalue weighted by atomic mass is 16.1. The van der Waals surface area contributed by atoms with E-state index in [9.17, 15) is 4.79 Å². The van der Waals surface area contributed by atoms with Crippen LogP contribution in [0, 0.1) is 18.3 Å². The van der Waals surface area contributed by atoms with Gasteiger partial charge in [-0.25, -0.2) is 0 Å². The van der Waals surface area contributed by atoms with E-state index in [1.54, 1.807) is 23.0 Å². The second-order valence-corrected chi connectivity index (χ2v) is 4.36. The van der Waals surface area contributed by atoms with Crippen molar-refractivity contribution in [1.29, 1.82) is 5.26 Å². The average Bonchev–Trinajstić information content (AvgIpc) is 2.92. The van der Waals surface area contributed by atoms with Crippen LogP contribution in [-0.2, 0) is 6.54 Å². The van der Waals surface area contributed by atoms with E-state index in [1.165, 1.54) is 6.08 Å². The quantitative estimate of drug-likeness (QED) is 0.484. The molecule has 0 radical (unpaired) electrons. The summed E-state index contributed by atoms with van der Waals surface area (Å²) < 4.78 is 1.64. The van der Waals surface area contributed by atoms with Gasteiger partial charge < -0.3 is 0 Å². The number of Topliss-reactive ketones (excluding diaryl/α,β-unsaturated/α-hetero) is 1. The Kier molecular flexibility index (Phi) is 4.06. The highest BCUT2D eigenvalue weighted by Crippen LogP contribution is 2.12. The number of carbonyl (C=O) groups excluding carboxylic acids is 1. The maximum Gasteiger partial charge on any atom is 0.203 e. The Labute approximate surface area is 117 Å². The second-order valence-electron chi connectivity index (χ2n) is 4.36. The van der Waals surface area contributed by atoms with Gasteiger partial charge in [-0.05, 0) is 19.9 Å². The van der Waals surface area contributed by atoms with E-state index < -0.39 is 0 Å². The summed E-state index contributed by atoms with van der Waals surface area (Å²) >= 11 is 0. The number of hydrogen-bond acceptors (Lipinski definition) is 4. The number of benzene rings is 1. The molecule has 0 saturated carbocycles. The Morgan fingerprint density at radius 2 is 2.10 bits per heavy atom. The lowest BCUT2D eigenvalue weighted by atomic mass is 10.0. The summed E-state index contributed by atoms with van der Waals surface area (Å²) in [6.07, 6.45) is 3.15. The van der Waals surface area contributed by atoms with Crippen LogP contribution in [-0.4, -0.2) is 20.8 Å². The largest absolute Gasteiger partial charge is 0.288 e. The third kappa shape index (κ3) is 2.98. The summed E-state index contributed by atoms with van der Waals surface area (Å²) in [5.74, 6) is -0.307. The number of aromatic nitrogens is 3. The van der Waals surface area contributed by atoms with Crippen LogP contribution in [0.25, 0.3) is 6.08 Å². The van der Waals surface area contributed by atoms with Crippen molar-refractivity contribution in [3.8, 4) is 6.07 Å². The third-order valence-electron chi connectivity index (χ3n) is 2.85. The molecule has 2 rings (SSSR count). The van der Waals surface area contributed by atoms with Gasteiger partial charge in [0.2, 0.25) is 5.78 Å². The smallest absolute Gasteiger partial charge is 0.203 e. The van der Waals surface area contributed by atoms with Crippen LogP contribution >= 0.6 is 0 Å². The van der Waals surface area contributed by atoms with Crippen LogP contribution < -0.4 is 0 Å². The number of carbonyl (C=O) groups is 1. The number of allylic oxidation sites excluding steroid dienone is 1. The standard InChI is InChI=1S/C15H14N4O/c1-3-19-10-14(17-18-19)8-13(9-16)15(20)12-6-4-11(2)5-7-12/h4-8,10H,3H2,1-2H3/b13-8+. The van der Waals surface area contributed by atoms with Gasteiger partial charge in [0.25, 0.3) is 0 Å². The average molecular weight is 266 g/mol. The van der Waals surface area contributed by atoms with Crippen LogP contribution in [0.1, 0.15) is 28.5 Å². The first-order chi connectivity index (χ1) is 9.63. The number of ketones is 1. The number of nitrogens with zero attached hydrogens (tertiary/aromatic N) is 4. The summed E-state index contributed by atoms with van der Waals surface area (Å²) in [5, 5.41) is 16.9. The fourth-order valence-corrected chi connectivity index (χ4v) is 1.69. The van der Waals surface area contributed by atoms with Gasteiger partial charge in [0.05, 0.1) is 6.20 Å². The molecule has 100 valence electrons. The third-order valence-corrected chi connectivity index (χ3v) is 2.85. The van der Waals surface area contributed by atoms with Gasteiger partial charge >= 0.3 is 0 Å². The minimum absolute atomic E-state index is 0.0528. The highest BCUT2D eigenvalue weighted by molar-refractivity contribution is 6.13. The highest BCUT2D eigenvalue weighted by Gasteiger charge is 2.12. The van der Waals surface area contributed by atoms with Crippen molar-refractivity contribution in [2.75, 3.05) is 0 Å². The van der Waals surface area contributed by atoms with Crippen LogP contribution in [0.4, 0.5) is 0 Å². The predicted molar refractivity (Wildman–Crippen MR) is 74.8 cm³/mol. The summed E-state index contributed by atoms with van der Waals surface area (Å²) in [7, 11) is 0. The fraction of sp³-hybridized carbons (Fsp3) is 0.200. The number of hydrogen-bond donors (Lipinski definition) is 0. The minimum Gasteiger partial charge on any atom is -0.288 e. The zero-order chi connectivity index (χ0) is 14.5. The first-order valence-electron chi connectivity index (χ1n) is 6.27. The van der Waals surface area contributed by atoms with Crippen molar-refractivity contribution in [2.24, 2.45) is 0 Å². The van der Waals surface area contributed by atoms with Crippen LogP contribution in [0.3, 0.4) is 0 Å². The van der Waals surface area contributed by atoms with E-state index in [2.05, 4.69) is 10.3 Å². The normalized spacial score (nSPS) is 11.2. The molecule has 5 heteroatoms. The van der Waals surface area contributed by atoms with Gasteiger partial charge in [0.1, 0.15) is 17.3 Å². The van der Waals surface area contributed by atoms with Gasteiger partial charge in [-0.15, -0.1) is 5.10 Å². The summed E-state index contributed by atoms with van der Waals surface area (Å²) in [6, 6.07) is 9.04. The molecule has 0 atom stereocenters. The van der Waals surface area contributed by atoms with Crippen molar-refractivity contribution in [2.45, 2.75) is 20.4 Å². The van der Waals surface area contributed by atoms with Crippen molar-refractivity contribution in [3.63, 3.8) is 0 Å². The molecule has 5 nitrogen and oxygen atoms in total. The van der Waals surface area contributed by atoms with E-state index in [-0.39, 0.29) is 11.4 Å². The van der Waals surface area contributed by atoms with Crippen molar-refractivity contribution in [3.05, 3.63) is 52.9 Å². The molecular formula is C15H14N4O. The van der Waals surface area contributed by atoms with Gasteiger partial charge in [0.15, 0.2) is 0 Å². The summed E-state index contributed by atoms with van der Waals surface area (Å²) in [6.45, 7) is 4.57. The molecule has 0 unspecified atom stereocenters. The second kappa shape index (κ2) is 5.93. The zero-order valence-electron chi connectivity index (χ0n) is 11.4. The zero-order valence-corrected chi connectivity index (χ0v) is 11.4. The molecule has 2 aromatic rings. The van der Waals surface area contributed by atoms with Crippen LogP contribution in [0.2, 0.25) is 0 Å². The number of rotatable bonds is 4. The Morgan fingerprint density at radius 3 is 2.65 bits per heavy atom. The van der Waals surface area contributed by atoms with Crippen molar-refractivity contribution >= 4 is 11.9 Å². The molecule has 1 heterocycles. The van der Waals surface area contributed by atoms with Crippen LogP contribution in [0.5, 0.6) is 0 Å². The number of aryl methyl sites for hydroxylation is 2. The van der Waals surface area contributed by atoms with Gasteiger partial charge in [-0.3, -0.25) is 9.48 Å². The van der Waals surface area contributed by atoms with E-state index in [0.29, 0.717) is 17.8 Å². The molecule has 0 aliphatic rings. The molecule has 0 amide bonds. The lowest BCUT2D eigenvalue weighted by Gasteiger charge is -1.99. The van der Waals surface area contributed by atoms with Crippen LogP contribution in [0.15, 0.2) is 36.0 Å². The lowest BCUT2D eigenvalue weighted by Crippen LogP contribution is -2.01. The van der Waals surface area contributed by atoms with Gasteiger partial charge in [0, 0.05) is 12.1 Å².